The summed E-state index contributed by atoms with van der Waals surface area (Å²) in [6.07, 6.45) is 0. The highest BCUT2D eigenvalue weighted by Crippen LogP contribution is 2.20. The van der Waals surface area contributed by atoms with Crippen LogP contribution in [0, 0.1) is 25.2 Å². The summed E-state index contributed by atoms with van der Waals surface area (Å²) in [4.78, 5) is 25.2. The van der Waals surface area contributed by atoms with Crippen LogP contribution in [0.2, 0.25) is 0 Å². The highest BCUT2D eigenvalue weighted by Gasteiger charge is 2.13. The molecule has 0 atom stereocenters. The summed E-state index contributed by atoms with van der Waals surface area (Å²) in [7, 11) is 0. The summed E-state index contributed by atoms with van der Waals surface area (Å²) >= 11 is 0. The van der Waals surface area contributed by atoms with Crippen LogP contribution < -0.4 is 10.6 Å². The molecule has 2 N–H and O–H groups in total. The first kappa shape index (κ1) is 18.9. The molecule has 0 saturated heterocycles. The molecule has 3 aromatic carbocycles. The maximum Gasteiger partial charge on any atom is 0.255 e. The van der Waals surface area contributed by atoms with E-state index >= 15 is 0 Å². The Hall–Kier alpha value is -3.91. The van der Waals surface area contributed by atoms with Gasteiger partial charge < -0.3 is 10.6 Å². The van der Waals surface area contributed by atoms with Crippen LogP contribution >= 0.6 is 0 Å². The molecule has 0 radical (unpaired) electrons. The number of benzene rings is 3. The van der Waals surface area contributed by atoms with E-state index in [9.17, 15) is 9.59 Å². The van der Waals surface area contributed by atoms with E-state index in [-0.39, 0.29) is 11.8 Å². The van der Waals surface area contributed by atoms with Gasteiger partial charge in [0.15, 0.2) is 0 Å². The minimum absolute atomic E-state index is 0.273. The second-order valence-electron chi connectivity index (χ2n) is 6.45. The number of para-hydroxylation sites is 1. The molecule has 0 aromatic heterocycles. The summed E-state index contributed by atoms with van der Waals surface area (Å²) in [5.41, 5.74) is 4.59. The summed E-state index contributed by atoms with van der Waals surface area (Å²) < 4.78 is 0. The van der Waals surface area contributed by atoms with Crippen molar-refractivity contribution < 1.29 is 9.59 Å². The standard InChI is InChI=1S/C23H19N3O2/c1-15-5-3-6-16(2)21(15)26-23(28)19-8-4-7-18(13-19)22(27)25-20-11-9-17(14-24)10-12-20/h3-13H,1-2H3,(H,25,27)(H,26,28). The van der Waals surface area contributed by atoms with E-state index in [1.54, 1.807) is 48.5 Å². The minimum atomic E-state index is -0.327. The molecule has 3 aromatic rings. The van der Waals surface area contributed by atoms with Crippen molar-refractivity contribution in [1.82, 2.24) is 0 Å². The lowest BCUT2D eigenvalue weighted by molar-refractivity contribution is 0.102. The second-order valence-corrected chi connectivity index (χ2v) is 6.45. The maximum absolute atomic E-state index is 12.6. The third kappa shape index (κ3) is 4.25. The van der Waals surface area contributed by atoms with Crippen molar-refractivity contribution in [2.75, 3.05) is 10.6 Å². The first-order chi connectivity index (χ1) is 13.5. The van der Waals surface area contributed by atoms with Gasteiger partial charge in [-0.2, -0.15) is 5.26 Å². The first-order valence-electron chi connectivity index (χ1n) is 8.77. The number of hydrogen-bond donors (Lipinski definition) is 2. The van der Waals surface area contributed by atoms with Gasteiger partial charge >= 0.3 is 0 Å². The third-order valence-corrected chi connectivity index (χ3v) is 4.38. The number of carbonyl (C=O) groups excluding carboxylic acids is 2. The molecule has 0 heterocycles. The zero-order valence-corrected chi connectivity index (χ0v) is 15.6. The van der Waals surface area contributed by atoms with Gasteiger partial charge in [-0.3, -0.25) is 9.59 Å². The van der Waals surface area contributed by atoms with Gasteiger partial charge in [-0.25, -0.2) is 0 Å². The second kappa shape index (κ2) is 8.19. The highest BCUT2D eigenvalue weighted by molar-refractivity contribution is 6.09. The predicted molar refractivity (Wildman–Crippen MR) is 109 cm³/mol. The average molecular weight is 369 g/mol. The Kier molecular flexibility index (Phi) is 5.52. The highest BCUT2D eigenvalue weighted by atomic mass is 16.2. The molecule has 0 aliphatic carbocycles. The van der Waals surface area contributed by atoms with Crippen molar-refractivity contribution in [3.8, 4) is 6.07 Å². The average Bonchev–Trinajstić information content (AvgIpc) is 2.71. The Labute approximate surface area is 163 Å². The molecule has 138 valence electrons. The van der Waals surface area contributed by atoms with Gasteiger partial charge in [0.25, 0.3) is 11.8 Å². The van der Waals surface area contributed by atoms with Crippen LogP contribution in [0.4, 0.5) is 11.4 Å². The summed E-state index contributed by atoms with van der Waals surface area (Å²) in [6, 6.07) is 21.0. The van der Waals surface area contributed by atoms with Crippen LogP contribution in [-0.2, 0) is 0 Å². The van der Waals surface area contributed by atoms with Crippen molar-refractivity contribution in [3.05, 3.63) is 94.5 Å². The Morgan fingerprint density at radius 2 is 1.32 bits per heavy atom. The SMILES string of the molecule is Cc1cccc(C)c1NC(=O)c1cccc(C(=O)Nc2ccc(C#N)cc2)c1. The molecule has 5 nitrogen and oxygen atoms in total. The quantitative estimate of drug-likeness (QED) is 0.700. The molecule has 3 rings (SSSR count). The number of anilines is 2. The van der Waals surface area contributed by atoms with E-state index in [0.29, 0.717) is 22.4 Å². The molecule has 0 fully saturated rings. The molecule has 0 aliphatic rings. The maximum atomic E-state index is 12.6. The smallest absolute Gasteiger partial charge is 0.255 e. The lowest BCUT2D eigenvalue weighted by atomic mass is 10.1. The molecule has 0 aliphatic heterocycles. The summed E-state index contributed by atoms with van der Waals surface area (Å²) in [5.74, 6) is -0.600. The molecule has 5 heteroatoms. The Bertz CT molecular complexity index is 1060. The van der Waals surface area contributed by atoms with E-state index in [0.717, 1.165) is 16.8 Å². The van der Waals surface area contributed by atoms with Gasteiger partial charge in [-0.05, 0) is 67.4 Å². The van der Waals surface area contributed by atoms with Crippen molar-refractivity contribution in [1.29, 1.82) is 5.26 Å². The lowest BCUT2D eigenvalue weighted by Crippen LogP contribution is -2.16. The van der Waals surface area contributed by atoms with Gasteiger partial charge in [0.05, 0.1) is 11.6 Å². The minimum Gasteiger partial charge on any atom is -0.322 e. The fourth-order valence-corrected chi connectivity index (χ4v) is 2.83. The van der Waals surface area contributed by atoms with Gasteiger partial charge in [-0.15, -0.1) is 0 Å². The number of hydrogen-bond acceptors (Lipinski definition) is 3. The topological polar surface area (TPSA) is 82.0 Å². The monoisotopic (exact) mass is 369 g/mol. The molecular formula is C23H19N3O2. The van der Waals surface area contributed by atoms with Crippen molar-refractivity contribution in [2.45, 2.75) is 13.8 Å². The molecule has 0 unspecified atom stereocenters. The van der Waals surface area contributed by atoms with E-state index in [1.165, 1.54) is 0 Å². The van der Waals surface area contributed by atoms with E-state index in [4.69, 9.17) is 5.26 Å². The Morgan fingerprint density at radius 3 is 1.89 bits per heavy atom. The fraction of sp³-hybridized carbons (Fsp3) is 0.0870. The number of nitrogens with one attached hydrogen (secondary N) is 2. The number of nitriles is 1. The number of carbonyl (C=O) groups is 2. The third-order valence-electron chi connectivity index (χ3n) is 4.38. The van der Waals surface area contributed by atoms with Crippen LogP contribution in [-0.4, -0.2) is 11.8 Å². The van der Waals surface area contributed by atoms with Crippen molar-refractivity contribution >= 4 is 23.2 Å². The number of rotatable bonds is 4. The zero-order valence-electron chi connectivity index (χ0n) is 15.6. The normalized spacial score (nSPS) is 10.0. The van der Waals surface area contributed by atoms with Gasteiger partial charge in [0.1, 0.15) is 0 Å². The van der Waals surface area contributed by atoms with E-state index < -0.39 is 0 Å². The molecule has 0 spiro atoms. The van der Waals surface area contributed by atoms with Crippen molar-refractivity contribution in [2.24, 2.45) is 0 Å². The van der Waals surface area contributed by atoms with Gasteiger partial charge in [-0.1, -0.05) is 24.3 Å². The van der Waals surface area contributed by atoms with Crippen LogP contribution in [0.25, 0.3) is 0 Å². The molecule has 28 heavy (non-hydrogen) atoms. The molecular weight excluding hydrogens is 350 g/mol. The Balaban J connectivity index is 1.76. The number of aryl methyl sites for hydroxylation is 2. The van der Waals surface area contributed by atoms with Gasteiger partial charge in [0.2, 0.25) is 0 Å². The number of nitrogens with zero attached hydrogens (tertiary/aromatic N) is 1. The van der Waals surface area contributed by atoms with Crippen LogP contribution in [0.1, 0.15) is 37.4 Å². The van der Waals surface area contributed by atoms with E-state index in [2.05, 4.69) is 10.6 Å². The zero-order chi connectivity index (χ0) is 20.1. The summed E-state index contributed by atoms with van der Waals surface area (Å²) in [5, 5.41) is 14.5. The molecule has 0 saturated carbocycles. The molecule has 0 bridgehead atoms. The molecule has 2 amide bonds. The predicted octanol–water partition coefficient (Wildman–Crippen LogP) is 4.68. The largest absolute Gasteiger partial charge is 0.322 e. The Morgan fingerprint density at radius 1 is 0.786 bits per heavy atom. The first-order valence-corrected chi connectivity index (χ1v) is 8.77. The number of amides is 2. The fourth-order valence-electron chi connectivity index (χ4n) is 2.83. The lowest BCUT2D eigenvalue weighted by Gasteiger charge is -2.12. The summed E-state index contributed by atoms with van der Waals surface area (Å²) in [6.45, 7) is 3.87. The van der Waals surface area contributed by atoms with E-state index in [1.807, 2.05) is 38.1 Å². The van der Waals surface area contributed by atoms with Gasteiger partial charge in [0, 0.05) is 22.5 Å². The van der Waals surface area contributed by atoms with Crippen LogP contribution in [0.5, 0.6) is 0 Å². The van der Waals surface area contributed by atoms with Crippen LogP contribution in [0.3, 0.4) is 0 Å². The van der Waals surface area contributed by atoms with Crippen molar-refractivity contribution in [3.63, 3.8) is 0 Å². The van der Waals surface area contributed by atoms with Crippen LogP contribution in [0.15, 0.2) is 66.7 Å².